The van der Waals surface area contributed by atoms with Crippen LogP contribution < -0.4 is 16.6 Å². The lowest BCUT2D eigenvalue weighted by molar-refractivity contribution is 0.0627. The Morgan fingerprint density at radius 2 is 1.79 bits per heavy atom. The van der Waals surface area contributed by atoms with Gasteiger partial charge in [0.05, 0.1) is 17.5 Å². The molecule has 0 atom stereocenters. The summed E-state index contributed by atoms with van der Waals surface area (Å²) in [6.07, 6.45) is 7.23. The van der Waals surface area contributed by atoms with E-state index in [1.807, 2.05) is 29.0 Å². The zero-order valence-electron chi connectivity index (χ0n) is 23.9. The van der Waals surface area contributed by atoms with Gasteiger partial charge in [-0.1, -0.05) is 18.2 Å². The Morgan fingerprint density at radius 1 is 1.02 bits per heavy atom. The number of nitrogens with one attached hydrogen (secondary N) is 1. The molecule has 11 heteroatoms. The van der Waals surface area contributed by atoms with Crippen LogP contribution >= 0.6 is 0 Å². The van der Waals surface area contributed by atoms with Crippen molar-refractivity contribution in [2.75, 3.05) is 11.1 Å². The average Bonchev–Trinajstić information content (AvgIpc) is 3.23. The van der Waals surface area contributed by atoms with Gasteiger partial charge in [0.1, 0.15) is 29.2 Å². The highest BCUT2D eigenvalue weighted by molar-refractivity contribution is 6.06. The molecule has 5 aromatic rings. The summed E-state index contributed by atoms with van der Waals surface area (Å²) in [7, 11) is 0. The zero-order chi connectivity index (χ0) is 30.3. The zero-order valence-corrected chi connectivity index (χ0v) is 23.9. The van der Waals surface area contributed by atoms with Crippen LogP contribution in [0.5, 0.6) is 0 Å². The Labute approximate surface area is 247 Å². The number of Topliss-reactive ketones (excluding diaryl/α,β-unsaturated/α-hetero) is 1. The molecular weight excluding hydrogens is 546 g/mol. The van der Waals surface area contributed by atoms with Crippen LogP contribution in [0.4, 0.5) is 11.6 Å². The van der Waals surface area contributed by atoms with Gasteiger partial charge in [0.25, 0.3) is 11.5 Å². The summed E-state index contributed by atoms with van der Waals surface area (Å²) < 4.78 is 3.30. The molecule has 1 aliphatic carbocycles. The number of hydrogen-bond donors (Lipinski definition) is 3. The number of aliphatic hydroxyl groups is 1. The van der Waals surface area contributed by atoms with Gasteiger partial charge in [-0.3, -0.25) is 19.0 Å². The first-order valence-electron chi connectivity index (χ1n) is 14.1. The van der Waals surface area contributed by atoms with Gasteiger partial charge in [0, 0.05) is 46.9 Å². The van der Waals surface area contributed by atoms with Crippen molar-refractivity contribution in [3.05, 3.63) is 94.4 Å². The number of amides is 1. The number of carbonyl (C=O) groups excluding carboxylic acids is 2. The van der Waals surface area contributed by atoms with E-state index < -0.39 is 17.1 Å². The summed E-state index contributed by atoms with van der Waals surface area (Å²) in [5.74, 6) is -0.223. The number of benzene rings is 1. The highest BCUT2D eigenvalue weighted by Gasteiger charge is 2.26. The molecule has 0 saturated heterocycles. The van der Waals surface area contributed by atoms with Gasteiger partial charge in [-0.15, -0.1) is 0 Å². The van der Waals surface area contributed by atoms with Gasteiger partial charge < -0.3 is 20.7 Å². The lowest BCUT2D eigenvalue weighted by Crippen LogP contribution is -2.32. The molecule has 1 aliphatic rings. The van der Waals surface area contributed by atoms with E-state index in [0.29, 0.717) is 52.2 Å². The van der Waals surface area contributed by atoms with Crippen LogP contribution in [0.3, 0.4) is 0 Å². The van der Waals surface area contributed by atoms with Crippen molar-refractivity contribution in [3.8, 4) is 16.8 Å². The molecule has 43 heavy (non-hydrogen) atoms. The smallest absolute Gasteiger partial charge is 0.268 e. The van der Waals surface area contributed by atoms with Crippen molar-refractivity contribution in [1.29, 1.82) is 0 Å². The minimum Gasteiger partial charge on any atom is -0.389 e. The van der Waals surface area contributed by atoms with Gasteiger partial charge in [-0.05, 0) is 63.4 Å². The van der Waals surface area contributed by atoms with Gasteiger partial charge in [-0.2, -0.15) is 0 Å². The average molecular weight is 578 g/mol. The summed E-state index contributed by atoms with van der Waals surface area (Å²) >= 11 is 0. The lowest BCUT2D eigenvalue weighted by Gasteiger charge is -2.18. The predicted octanol–water partition coefficient (Wildman–Crippen LogP) is 4.16. The van der Waals surface area contributed by atoms with Crippen LogP contribution in [0.1, 0.15) is 59.5 Å². The van der Waals surface area contributed by atoms with Crippen molar-refractivity contribution in [2.24, 2.45) is 0 Å². The predicted molar refractivity (Wildman–Crippen MR) is 163 cm³/mol. The monoisotopic (exact) mass is 577 g/mol. The molecule has 0 radical (unpaired) electrons. The van der Waals surface area contributed by atoms with Crippen LogP contribution in [-0.4, -0.2) is 46.5 Å². The van der Waals surface area contributed by atoms with Crippen LogP contribution in [0.25, 0.3) is 27.8 Å². The molecule has 4 heterocycles. The number of anilines is 2. The maximum absolute atomic E-state index is 13.7. The number of carbonyl (C=O) groups is 2. The number of ketones is 1. The quantitative estimate of drug-likeness (QED) is 0.254. The van der Waals surface area contributed by atoms with E-state index in [2.05, 4.69) is 20.3 Å². The van der Waals surface area contributed by atoms with E-state index in [1.54, 1.807) is 44.3 Å². The van der Waals surface area contributed by atoms with Crippen LogP contribution in [0, 0.1) is 0 Å². The first-order chi connectivity index (χ1) is 20.6. The van der Waals surface area contributed by atoms with E-state index in [1.165, 1.54) is 17.0 Å². The van der Waals surface area contributed by atoms with E-state index in [-0.39, 0.29) is 23.7 Å². The Balaban J connectivity index is 1.35. The minimum absolute atomic E-state index is 0.0827. The van der Waals surface area contributed by atoms with E-state index >= 15 is 0 Å². The Bertz CT molecular complexity index is 1920. The molecule has 0 aliphatic heterocycles. The number of pyridine rings is 2. The number of aromatic nitrogens is 5. The van der Waals surface area contributed by atoms with E-state index in [4.69, 9.17) is 5.73 Å². The molecule has 0 unspecified atom stereocenters. The maximum Gasteiger partial charge on any atom is 0.268 e. The number of fused-ring (bicyclic) bond motifs is 2. The lowest BCUT2D eigenvalue weighted by atomic mass is 10.0. The van der Waals surface area contributed by atoms with Crippen LogP contribution in [0.2, 0.25) is 0 Å². The minimum atomic E-state index is -0.991. The number of nitrogens with zero attached hydrogens (tertiary/aromatic N) is 5. The first-order valence-corrected chi connectivity index (χ1v) is 14.1. The molecule has 6 rings (SSSR count). The molecule has 0 saturated carbocycles. The Hall–Kier alpha value is -5.16. The summed E-state index contributed by atoms with van der Waals surface area (Å²) in [5, 5.41) is 13.7. The highest BCUT2D eigenvalue weighted by Crippen LogP contribution is 2.33. The number of nitrogen functional groups attached to an aromatic ring is 1. The van der Waals surface area contributed by atoms with Crippen molar-refractivity contribution >= 4 is 34.4 Å². The molecule has 11 nitrogen and oxygen atoms in total. The second-order valence-corrected chi connectivity index (χ2v) is 11.4. The third kappa shape index (κ3) is 5.42. The molecule has 218 valence electrons. The van der Waals surface area contributed by atoms with Gasteiger partial charge >= 0.3 is 0 Å². The Kier molecular flexibility index (Phi) is 7.10. The fourth-order valence-corrected chi connectivity index (χ4v) is 5.58. The number of nitrogens with two attached hydrogens (primary N) is 1. The van der Waals surface area contributed by atoms with Gasteiger partial charge in [-0.25, -0.2) is 15.0 Å². The standard InChI is InChI=1S/C32H31N7O4/c1-32(2,43)17-38-16-23(27-28(33)35-18-36-29(27)38)19-12-13-26(34-15-19)37-30(41)22-14-21-24(10-6-7-11-25(21)40)39(31(22)42)20-8-4-3-5-9-20/h3-5,8-9,12-16,18,43H,6-7,10-11,17H2,1-2H3,(H2,33,35,36)(H,34,37,41). The highest BCUT2D eigenvalue weighted by atomic mass is 16.3. The second kappa shape index (κ2) is 10.9. The summed E-state index contributed by atoms with van der Waals surface area (Å²) in [6, 6.07) is 13.9. The third-order valence-corrected chi connectivity index (χ3v) is 7.49. The third-order valence-electron chi connectivity index (χ3n) is 7.49. The second-order valence-electron chi connectivity index (χ2n) is 11.4. The van der Waals surface area contributed by atoms with Gasteiger partial charge in [0.2, 0.25) is 0 Å². The molecule has 4 aromatic heterocycles. The Morgan fingerprint density at radius 3 is 2.51 bits per heavy atom. The summed E-state index contributed by atoms with van der Waals surface area (Å²) in [4.78, 5) is 53.1. The van der Waals surface area contributed by atoms with Crippen molar-refractivity contribution in [1.82, 2.24) is 24.1 Å². The first kappa shape index (κ1) is 28.0. The molecule has 0 bridgehead atoms. The van der Waals surface area contributed by atoms with Crippen molar-refractivity contribution in [2.45, 2.75) is 51.7 Å². The van der Waals surface area contributed by atoms with Crippen molar-refractivity contribution < 1.29 is 14.7 Å². The maximum atomic E-state index is 13.7. The SMILES string of the molecule is CC(C)(O)Cn1cc(-c2ccc(NC(=O)c3cc4c(n(-c5ccccc5)c3=O)CCCCC4=O)nc2)c2c(N)ncnc21. The number of rotatable bonds is 6. The molecule has 4 N–H and O–H groups in total. The molecule has 0 spiro atoms. The molecule has 0 fully saturated rings. The summed E-state index contributed by atoms with van der Waals surface area (Å²) in [6.45, 7) is 3.69. The largest absolute Gasteiger partial charge is 0.389 e. The van der Waals surface area contributed by atoms with E-state index in [9.17, 15) is 19.5 Å². The normalized spacial score (nSPS) is 13.5. The van der Waals surface area contributed by atoms with E-state index in [0.717, 1.165) is 18.4 Å². The number of hydrogen-bond acceptors (Lipinski definition) is 8. The van der Waals surface area contributed by atoms with Crippen molar-refractivity contribution in [3.63, 3.8) is 0 Å². The fourth-order valence-electron chi connectivity index (χ4n) is 5.58. The number of para-hydroxylation sites is 1. The fraction of sp³-hybridized carbons (Fsp3) is 0.250. The molecule has 1 amide bonds. The molecular formula is C32H31N7O4. The van der Waals surface area contributed by atoms with Crippen LogP contribution in [0.15, 0.2) is 72.0 Å². The topological polar surface area (TPSA) is 158 Å². The van der Waals surface area contributed by atoms with Gasteiger partial charge in [0.15, 0.2) is 5.78 Å². The molecule has 1 aromatic carbocycles. The van der Waals surface area contributed by atoms with Crippen LogP contribution in [-0.2, 0) is 13.0 Å². The summed E-state index contributed by atoms with van der Waals surface area (Å²) in [5.41, 5.74) is 8.21.